The summed E-state index contributed by atoms with van der Waals surface area (Å²) >= 11 is 0. The molecule has 1 fully saturated rings. The molecule has 0 amide bonds. The molecular weight excluding hydrogens is 236 g/mol. The highest BCUT2D eigenvalue weighted by molar-refractivity contribution is 5.59. The number of nitrogens with two attached hydrogens (primary N) is 1. The fourth-order valence-corrected chi connectivity index (χ4v) is 2.10. The van der Waals surface area contributed by atoms with E-state index < -0.39 is 4.92 Å². The highest BCUT2D eigenvalue weighted by Crippen LogP contribution is 2.29. The number of aromatic nitrogens is 2. The van der Waals surface area contributed by atoms with Crippen LogP contribution in [0.2, 0.25) is 0 Å². The molecule has 1 atom stereocenters. The second-order valence-electron chi connectivity index (χ2n) is 4.55. The van der Waals surface area contributed by atoms with Crippen molar-refractivity contribution >= 4 is 17.5 Å². The van der Waals surface area contributed by atoms with Gasteiger partial charge in [0.05, 0.1) is 4.92 Å². The zero-order valence-corrected chi connectivity index (χ0v) is 10.4. The highest BCUT2D eigenvalue weighted by atomic mass is 16.6. The third kappa shape index (κ3) is 2.33. The van der Waals surface area contributed by atoms with Crippen molar-refractivity contribution in [3.63, 3.8) is 0 Å². The average Bonchev–Trinajstić information content (AvgIpc) is 2.77. The van der Waals surface area contributed by atoms with E-state index in [-0.39, 0.29) is 11.6 Å². The van der Waals surface area contributed by atoms with Crippen molar-refractivity contribution in [1.82, 2.24) is 14.9 Å². The fraction of sp³-hybridized carbons (Fsp3) is 0.600. The summed E-state index contributed by atoms with van der Waals surface area (Å²) in [6.07, 6.45) is 2.12. The van der Waals surface area contributed by atoms with E-state index >= 15 is 0 Å². The summed E-state index contributed by atoms with van der Waals surface area (Å²) in [5.74, 6) is 0.376. The van der Waals surface area contributed by atoms with Crippen LogP contribution in [0.5, 0.6) is 0 Å². The van der Waals surface area contributed by atoms with Gasteiger partial charge in [0, 0.05) is 19.1 Å². The van der Waals surface area contributed by atoms with E-state index in [4.69, 9.17) is 5.73 Å². The lowest BCUT2D eigenvalue weighted by Gasteiger charge is -2.20. The van der Waals surface area contributed by atoms with Crippen LogP contribution in [-0.4, -0.2) is 53.0 Å². The SMILES string of the molecule is CN(C)C1CCN(c2nc(N)ncc2[N+](=O)[O-])C1. The molecule has 8 heteroatoms. The molecule has 2 rings (SSSR count). The first-order valence-corrected chi connectivity index (χ1v) is 5.67. The summed E-state index contributed by atoms with van der Waals surface area (Å²) in [6, 6.07) is 0.376. The predicted octanol–water partition coefficient (Wildman–Crippen LogP) is 0.107. The van der Waals surface area contributed by atoms with Gasteiger partial charge in [-0.25, -0.2) is 4.98 Å². The van der Waals surface area contributed by atoms with E-state index in [0.717, 1.165) is 13.0 Å². The first-order chi connectivity index (χ1) is 8.49. The molecule has 0 radical (unpaired) electrons. The number of likely N-dealkylation sites (N-methyl/N-ethyl adjacent to an activating group) is 1. The Kier molecular flexibility index (Phi) is 3.28. The standard InChI is InChI=1S/C10H16N6O2/c1-14(2)7-3-4-15(6-7)9-8(16(17)18)5-12-10(11)13-9/h5,7H,3-4,6H2,1-2H3,(H2,11,12,13). The van der Waals surface area contributed by atoms with E-state index in [0.29, 0.717) is 18.4 Å². The third-order valence-corrected chi connectivity index (χ3v) is 3.16. The Balaban J connectivity index is 2.28. The molecule has 2 N–H and O–H groups in total. The minimum Gasteiger partial charge on any atom is -0.368 e. The fourth-order valence-electron chi connectivity index (χ4n) is 2.10. The maximum atomic E-state index is 11.0. The van der Waals surface area contributed by atoms with Crippen molar-refractivity contribution in [2.75, 3.05) is 37.8 Å². The molecule has 1 aromatic heterocycles. The van der Waals surface area contributed by atoms with Crippen molar-refractivity contribution in [3.8, 4) is 0 Å². The second-order valence-corrected chi connectivity index (χ2v) is 4.55. The lowest BCUT2D eigenvalue weighted by Crippen LogP contribution is -2.32. The summed E-state index contributed by atoms with van der Waals surface area (Å²) in [5, 5.41) is 11.0. The molecule has 1 aliphatic heterocycles. The van der Waals surface area contributed by atoms with Crippen LogP contribution >= 0.6 is 0 Å². The molecule has 18 heavy (non-hydrogen) atoms. The third-order valence-electron chi connectivity index (χ3n) is 3.16. The molecule has 1 aliphatic rings. The molecule has 0 aliphatic carbocycles. The first-order valence-electron chi connectivity index (χ1n) is 5.67. The zero-order chi connectivity index (χ0) is 13.3. The molecule has 1 aromatic rings. The van der Waals surface area contributed by atoms with Crippen molar-refractivity contribution in [2.24, 2.45) is 0 Å². The van der Waals surface area contributed by atoms with Crippen LogP contribution in [0, 0.1) is 10.1 Å². The summed E-state index contributed by atoms with van der Waals surface area (Å²) in [5.41, 5.74) is 5.41. The molecule has 0 saturated carbocycles. The Morgan fingerprint density at radius 3 is 2.89 bits per heavy atom. The van der Waals surface area contributed by atoms with Crippen LogP contribution < -0.4 is 10.6 Å². The van der Waals surface area contributed by atoms with Crippen molar-refractivity contribution in [3.05, 3.63) is 16.3 Å². The van der Waals surface area contributed by atoms with Gasteiger partial charge in [-0.05, 0) is 20.5 Å². The molecule has 2 heterocycles. The van der Waals surface area contributed by atoms with Crippen LogP contribution in [0.3, 0.4) is 0 Å². The van der Waals surface area contributed by atoms with Gasteiger partial charge in [-0.1, -0.05) is 0 Å². The number of rotatable bonds is 3. The quantitative estimate of drug-likeness (QED) is 0.601. The zero-order valence-electron chi connectivity index (χ0n) is 10.4. The predicted molar refractivity (Wildman–Crippen MR) is 67.4 cm³/mol. The van der Waals surface area contributed by atoms with E-state index in [1.54, 1.807) is 0 Å². The largest absolute Gasteiger partial charge is 0.368 e. The van der Waals surface area contributed by atoms with Crippen LogP contribution in [-0.2, 0) is 0 Å². The molecule has 0 aromatic carbocycles. The maximum Gasteiger partial charge on any atom is 0.329 e. The van der Waals surface area contributed by atoms with Gasteiger partial charge in [0.25, 0.3) is 0 Å². The summed E-state index contributed by atoms with van der Waals surface area (Å²) in [7, 11) is 3.99. The average molecular weight is 252 g/mol. The molecule has 1 unspecified atom stereocenters. The number of hydrogen-bond acceptors (Lipinski definition) is 7. The summed E-state index contributed by atoms with van der Waals surface area (Å²) in [6.45, 7) is 1.45. The Morgan fingerprint density at radius 1 is 1.61 bits per heavy atom. The van der Waals surface area contributed by atoms with Crippen molar-refractivity contribution < 1.29 is 4.92 Å². The Hall–Kier alpha value is -1.96. The molecule has 0 spiro atoms. The minimum atomic E-state index is -0.474. The van der Waals surface area contributed by atoms with Gasteiger partial charge >= 0.3 is 5.69 Å². The van der Waals surface area contributed by atoms with Gasteiger partial charge in [-0.15, -0.1) is 0 Å². The van der Waals surface area contributed by atoms with Gasteiger partial charge in [-0.2, -0.15) is 4.98 Å². The maximum absolute atomic E-state index is 11.0. The Morgan fingerprint density at radius 2 is 2.33 bits per heavy atom. The molecule has 0 bridgehead atoms. The monoisotopic (exact) mass is 252 g/mol. The second kappa shape index (κ2) is 4.73. The summed E-state index contributed by atoms with van der Waals surface area (Å²) in [4.78, 5) is 22.2. The molecule has 98 valence electrons. The number of nitro groups is 1. The number of nitrogen functional groups attached to an aromatic ring is 1. The topological polar surface area (TPSA) is 101 Å². The lowest BCUT2D eigenvalue weighted by atomic mass is 10.2. The van der Waals surface area contributed by atoms with Gasteiger partial charge in [-0.3, -0.25) is 10.1 Å². The van der Waals surface area contributed by atoms with Crippen LogP contribution in [0.4, 0.5) is 17.5 Å². The van der Waals surface area contributed by atoms with E-state index in [2.05, 4.69) is 14.9 Å². The minimum absolute atomic E-state index is 0.0592. The molecule has 8 nitrogen and oxygen atoms in total. The van der Waals surface area contributed by atoms with E-state index in [1.165, 1.54) is 6.20 Å². The van der Waals surface area contributed by atoms with Gasteiger partial charge in [0.2, 0.25) is 11.8 Å². The lowest BCUT2D eigenvalue weighted by molar-refractivity contribution is -0.384. The Labute approximate surface area is 105 Å². The van der Waals surface area contributed by atoms with Gasteiger partial charge in [0.1, 0.15) is 6.20 Å². The number of nitrogens with zero attached hydrogens (tertiary/aromatic N) is 5. The van der Waals surface area contributed by atoms with Crippen molar-refractivity contribution in [2.45, 2.75) is 12.5 Å². The van der Waals surface area contributed by atoms with Crippen molar-refractivity contribution in [1.29, 1.82) is 0 Å². The molecular formula is C10H16N6O2. The van der Waals surface area contributed by atoms with Gasteiger partial charge < -0.3 is 15.5 Å². The van der Waals surface area contributed by atoms with Crippen LogP contribution in [0.15, 0.2) is 6.20 Å². The molecule has 1 saturated heterocycles. The van der Waals surface area contributed by atoms with Gasteiger partial charge in [0.15, 0.2) is 0 Å². The highest BCUT2D eigenvalue weighted by Gasteiger charge is 2.30. The normalized spacial score (nSPS) is 19.5. The Bertz CT molecular complexity index is 464. The smallest absolute Gasteiger partial charge is 0.329 e. The van der Waals surface area contributed by atoms with Crippen LogP contribution in [0.25, 0.3) is 0 Å². The van der Waals surface area contributed by atoms with E-state index in [9.17, 15) is 10.1 Å². The summed E-state index contributed by atoms with van der Waals surface area (Å²) < 4.78 is 0. The number of anilines is 2. The first kappa shape index (κ1) is 12.5. The van der Waals surface area contributed by atoms with E-state index in [1.807, 2.05) is 19.0 Å². The number of hydrogen-bond donors (Lipinski definition) is 1. The van der Waals surface area contributed by atoms with Crippen LogP contribution in [0.1, 0.15) is 6.42 Å².